The Kier molecular flexibility index (Phi) is 6.63. The monoisotopic (exact) mass is 375 g/mol. The van der Waals surface area contributed by atoms with E-state index in [2.05, 4.69) is 22.9 Å². The first-order valence-corrected chi connectivity index (χ1v) is 9.56. The van der Waals surface area contributed by atoms with Gasteiger partial charge in [-0.25, -0.2) is 0 Å². The Morgan fingerprint density at radius 2 is 1.68 bits per heavy atom. The lowest BCUT2D eigenvalue weighted by molar-refractivity contribution is -0.114. The molecule has 3 N–H and O–H groups in total. The highest BCUT2D eigenvalue weighted by atomic mass is 16.2. The average Bonchev–Trinajstić information content (AvgIpc) is 2.72. The van der Waals surface area contributed by atoms with Gasteiger partial charge in [-0.05, 0) is 47.5 Å². The quantitative estimate of drug-likeness (QED) is 0.511. The molecule has 144 valence electrons. The molecule has 0 unspecified atom stereocenters. The van der Waals surface area contributed by atoms with E-state index in [1.165, 1.54) is 0 Å². The molecule has 0 spiro atoms. The van der Waals surface area contributed by atoms with Gasteiger partial charge in [0, 0.05) is 23.5 Å². The van der Waals surface area contributed by atoms with Gasteiger partial charge in [0.15, 0.2) is 0 Å². The van der Waals surface area contributed by atoms with Crippen molar-refractivity contribution in [2.45, 2.75) is 19.8 Å². The molecule has 0 aliphatic heterocycles. The average molecular weight is 375 g/mol. The van der Waals surface area contributed by atoms with E-state index in [0.717, 1.165) is 35.0 Å². The molecular formula is C23H25N3O2. The molecule has 5 nitrogen and oxygen atoms in total. The highest BCUT2D eigenvalue weighted by Gasteiger charge is 2.07. The van der Waals surface area contributed by atoms with Crippen LogP contribution < -0.4 is 16.0 Å². The van der Waals surface area contributed by atoms with Gasteiger partial charge in [0.25, 0.3) is 5.91 Å². The number of carbonyl (C=O) groups excluding carboxylic acids is 2. The summed E-state index contributed by atoms with van der Waals surface area (Å²) in [6, 6.07) is 21.0. The third-order valence-corrected chi connectivity index (χ3v) is 4.43. The van der Waals surface area contributed by atoms with Crippen LogP contribution in [0, 0.1) is 0 Å². The molecule has 0 radical (unpaired) electrons. The van der Waals surface area contributed by atoms with Crippen LogP contribution in [-0.2, 0) is 4.79 Å². The van der Waals surface area contributed by atoms with Crippen molar-refractivity contribution in [2.24, 2.45) is 0 Å². The fourth-order valence-corrected chi connectivity index (χ4v) is 2.91. The zero-order valence-electron chi connectivity index (χ0n) is 16.0. The number of carbonyl (C=O) groups is 2. The summed E-state index contributed by atoms with van der Waals surface area (Å²) in [4.78, 5) is 24.4. The Bertz CT molecular complexity index is 969. The maximum Gasteiger partial charge on any atom is 0.251 e. The second-order valence-electron chi connectivity index (χ2n) is 6.65. The second kappa shape index (κ2) is 9.55. The number of hydrogen-bond acceptors (Lipinski definition) is 3. The number of anilines is 2. The predicted molar refractivity (Wildman–Crippen MR) is 115 cm³/mol. The van der Waals surface area contributed by atoms with Crippen LogP contribution in [0.3, 0.4) is 0 Å². The van der Waals surface area contributed by atoms with Crippen LogP contribution in [0.15, 0.2) is 66.7 Å². The van der Waals surface area contributed by atoms with E-state index in [1.807, 2.05) is 48.5 Å². The second-order valence-corrected chi connectivity index (χ2v) is 6.65. The third-order valence-electron chi connectivity index (χ3n) is 4.43. The molecule has 0 saturated carbocycles. The van der Waals surface area contributed by atoms with Crippen molar-refractivity contribution in [3.05, 3.63) is 72.3 Å². The highest BCUT2D eigenvalue weighted by molar-refractivity contribution is 5.97. The first-order chi connectivity index (χ1) is 13.7. The Morgan fingerprint density at radius 1 is 0.857 bits per heavy atom. The SMILES string of the molecule is CCCCNC(=O)c1cccc(NCC(=O)Nc2ccc3ccccc3c2)c1. The molecule has 0 atom stereocenters. The number of amides is 2. The van der Waals surface area contributed by atoms with Crippen molar-refractivity contribution in [1.29, 1.82) is 0 Å². The number of hydrogen-bond donors (Lipinski definition) is 3. The number of fused-ring (bicyclic) bond motifs is 1. The first-order valence-electron chi connectivity index (χ1n) is 9.56. The van der Waals surface area contributed by atoms with Gasteiger partial charge >= 0.3 is 0 Å². The molecule has 0 saturated heterocycles. The summed E-state index contributed by atoms with van der Waals surface area (Å²) >= 11 is 0. The maximum absolute atomic E-state index is 12.3. The van der Waals surface area contributed by atoms with Crippen LogP contribution in [0.2, 0.25) is 0 Å². The Labute approximate surface area is 165 Å². The van der Waals surface area contributed by atoms with Gasteiger partial charge in [-0.3, -0.25) is 9.59 Å². The molecule has 0 fully saturated rings. The zero-order valence-corrected chi connectivity index (χ0v) is 16.0. The smallest absolute Gasteiger partial charge is 0.251 e. The van der Waals surface area contributed by atoms with Crippen LogP contribution in [0.5, 0.6) is 0 Å². The van der Waals surface area contributed by atoms with Gasteiger partial charge in [-0.1, -0.05) is 49.7 Å². The molecule has 3 aromatic rings. The van der Waals surface area contributed by atoms with Crippen LogP contribution >= 0.6 is 0 Å². The van der Waals surface area contributed by atoms with Crippen LogP contribution in [0.1, 0.15) is 30.1 Å². The van der Waals surface area contributed by atoms with E-state index in [-0.39, 0.29) is 18.4 Å². The zero-order chi connectivity index (χ0) is 19.8. The van der Waals surface area contributed by atoms with Gasteiger partial charge in [0.1, 0.15) is 0 Å². The van der Waals surface area contributed by atoms with E-state index in [0.29, 0.717) is 12.1 Å². The highest BCUT2D eigenvalue weighted by Crippen LogP contribution is 2.18. The van der Waals surface area contributed by atoms with E-state index in [9.17, 15) is 9.59 Å². The fourth-order valence-electron chi connectivity index (χ4n) is 2.91. The van der Waals surface area contributed by atoms with Crippen molar-refractivity contribution < 1.29 is 9.59 Å². The number of nitrogens with one attached hydrogen (secondary N) is 3. The molecule has 0 bridgehead atoms. The Balaban J connectivity index is 1.55. The van der Waals surface area contributed by atoms with E-state index >= 15 is 0 Å². The van der Waals surface area contributed by atoms with E-state index in [1.54, 1.807) is 18.2 Å². The van der Waals surface area contributed by atoms with Crippen LogP contribution in [0.4, 0.5) is 11.4 Å². The Hall–Kier alpha value is -3.34. The molecule has 3 aromatic carbocycles. The number of benzene rings is 3. The van der Waals surface area contributed by atoms with Crippen molar-refractivity contribution in [2.75, 3.05) is 23.7 Å². The minimum atomic E-state index is -0.145. The topological polar surface area (TPSA) is 70.2 Å². The molecule has 28 heavy (non-hydrogen) atoms. The third kappa shape index (κ3) is 5.33. The van der Waals surface area contributed by atoms with Crippen LogP contribution in [-0.4, -0.2) is 24.9 Å². The summed E-state index contributed by atoms with van der Waals surface area (Å²) in [5.74, 6) is -0.245. The summed E-state index contributed by atoms with van der Waals surface area (Å²) in [7, 11) is 0. The van der Waals surface area contributed by atoms with Gasteiger partial charge in [-0.2, -0.15) is 0 Å². The molecule has 0 heterocycles. The lowest BCUT2D eigenvalue weighted by atomic mass is 10.1. The molecule has 3 rings (SSSR count). The minimum absolute atomic E-state index is 0.0993. The fraction of sp³-hybridized carbons (Fsp3) is 0.217. The minimum Gasteiger partial charge on any atom is -0.376 e. The van der Waals surface area contributed by atoms with E-state index in [4.69, 9.17) is 0 Å². The van der Waals surface area contributed by atoms with Crippen molar-refractivity contribution in [3.8, 4) is 0 Å². The summed E-state index contributed by atoms with van der Waals surface area (Å²) in [5.41, 5.74) is 2.07. The van der Waals surface area contributed by atoms with Crippen molar-refractivity contribution >= 4 is 34.0 Å². The largest absolute Gasteiger partial charge is 0.376 e. The molecule has 0 aliphatic rings. The first kappa shape index (κ1) is 19.4. The van der Waals surface area contributed by atoms with Gasteiger partial charge in [0.2, 0.25) is 5.91 Å². The number of unbranched alkanes of at least 4 members (excludes halogenated alkanes) is 1. The lowest BCUT2D eigenvalue weighted by Crippen LogP contribution is -2.25. The molecule has 0 aliphatic carbocycles. The molecule has 2 amide bonds. The summed E-state index contributed by atoms with van der Waals surface area (Å²) in [6.07, 6.45) is 1.99. The molecule has 0 aromatic heterocycles. The predicted octanol–water partition coefficient (Wildman–Crippen LogP) is 4.42. The summed E-state index contributed by atoms with van der Waals surface area (Å²) in [5, 5.41) is 11.1. The van der Waals surface area contributed by atoms with Gasteiger partial charge in [0.05, 0.1) is 6.54 Å². The maximum atomic E-state index is 12.3. The molecular weight excluding hydrogens is 350 g/mol. The van der Waals surface area contributed by atoms with Gasteiger partial charge in [-0.15, -0.1) is 0 Å². The Morgan fingerprint density at radius 3 is 2.50 bits per heavy atom. The van der Waals surface area contributed by atoms with E-state index < -0.39 is 0 Å². The van der Waals surface area contributed by atoms with Crippen molar-refractivity contribution in [3.63, 3.8) is 0 Å². The van der Waals surface area contributed by atoms with Gasteiger partial charge < -0.3 is 16.0 Å². The summed E-state index contributed by atoms with van der Waals surface area (Å²) in [6.45, 7) is 2.87. The number of rotatable bonds is 8. The van der Waals surface area contributed by atoms with Crippen LogP contribution in [0.25, 0.3) is 10.8 Å². The standard InChI is InChI=1S/C23H25N3O2/c1-2-3-13-24-23(28)19-9-6-10-20(15-19)25-16-22(27)26-21-12-11-17-7-4-5-8-18(17)14-21/h4-12,14-15,25H,2-3,13,16H2,1H3,(H,24,28)(H,26,27). The lowest BCUT2D eigenvalue weighted by Gasteiger charge is -2.10. The summed E-state index contributed by atoms with van der Waals surface area (Å²) < 4.78 is 0. The van der Waals surface area contributed by atoms with Crippen molar-refractivity contribution in [1.82, 2.24) is 5.32 Å². The molecule has 5 heteroatoms. The normalized spacial score (nSPS) is 10.5.